The second-order valence-electron chi connectivity index (χ2n) is 3.70. The number of hydrogen-bond acceptors (Lipinski definition) is 4. The first-order chi connectivity index (χ1) is 8.54. The van der Waals surface area contributed by atoms with E-state index in [0.717, 1.165) is 5.52 Å². The van der Waals surface area contributed by atoms with Crippen LogP contribution in [-0.4, -0.2) is 22.7 Å². The third-order valence-corrected chi connectivity index (χ3v) is 2.61. The van der Waals surface area contributed by atoms with Crippen LogP contribution in [0.15, 0.2) is 28.4 Å². The SMILES string of the molecule is COc1ccc2c(c1)c(N=NC(=N)N)c(O)n2C. The first kappa shape index (κ1) is 11.9. The summed E-state index contributed by atoms with van der Waals surface area (Å²) in [6, 6.07) is 5.33. The lowest BCUT2D eigenvalue weighted by Crippen LogP contribution is -2.03. The zero-order chi connectivity index (χ0) is 13.3. The quantitative estimate of drug-likeness (QED) is 0.428. The molecule has 2 rings (SSSR count). The van der Waals surface area contributed by atoms with Crippen LogP contribution in [0.5, 0.6) is 11.6 Å². The first-order valence-corrected chi connectivity index (χ1v) is 5.15. The molecule has 1 aromatic heterocycles. The number of aromatic hydroxyl groups is 1. The molecule has 0 radical (unpaired) electrons. The van der Waals surface area contributed by atoms with E-state index in [2.05, 4.69) is 10.2 Å². The second-order valence-corrected chi connectivity index (χ2v) is 3.70. The number of methoxy groups -OCH3 is 1. The fourth-order valence-electron chi connectivity index (χ4n) is 1.72. The summed E-state index contributed by atoms with van der Waals surface area (Å²) in [5.41, 5.74) is 6.16. The summed E-state index contributed by atoms with van der Waals surface area (Å²) in [6.07, 6.45) is 0. The Balaban J connectivity index is 2.70. The van der Waals surface area contributed by atoms with E-state index >= 15 is 0 Å². The Labute approximate surface area is 103 Å². The number of hydrogen-bond donors (Lipinski definition) is 3. The van der Waals surface area contributed by atoms with Gasteiger partial charge in [0.05, 0.1) is 12.6 Å². The fraction of sp³-hybridized carbons (Fsp3) is 0.182. The van der Waals surface area contributed by atoms with E-state index in [-0.39, 0.29) is 11.6 Å². The number of nitrogens with zero attached hydrogens (tertiary/aromatic N) is 3. The van der Waals surface area contributed by atoms with Gasteiger partial charge in [0.25, 0.3) is 0 Å². The highest BCUT2D eigenvalue weighted by Crippen LogP contribution is 2.39. The summed E-state index contributed by atoms with van der Waals surface area (Å²) in [4.78, 5) is 0. The summed E-state index contributed by atoms with van der Waals surface area (Å²) < 4.78 is 6.69. The van der Waals surface area contributed by atoms with E-state index < -0.39 is 5.96 Å². The lowest BCUT2D eigenvalue weighted by atomic mass is 10.2. The molecule has 18 heavy (non-hydrogen) atoms. The second kappa shape index (κ2) is 4.36. The van der Waals surface area contributed by atoms with E-state index in [0.29, 0.717) is 11.1 Å². The van der Waals surface area contributed by atoms with Crippen LogP contribution in [0.1, 0.15) is 0 Å². The van der Waals surface area contributed by atoms with Gasteiger partial charge in [-0.1, -0.05) is 0 Å². The van der Waals surface area contributed by atoms with Gasteiger partial charge in [-0.05, 0) is 18.2 Å². The molecule has 7 nitrogen and oxygen atoms in total. The molecule has 0 unspecified atom stereocenters. The molecule has 0 saturated carbocycles. The van der Waals surface area contributed by atoms with Crippen molar-refractivity contribution in [1.82, 2.24) is 4.57 Å². The zero-order valence-electron chi connectivity index (χ0n) is 10.0. The molecule has 0 amide bonds. The van der Waals surface area contributed by atoms with Gasteiger partial charge in [-0.2, -0.15) is 0 Å². The molecule has 0 fully saturated rings. The molecule has 4 N–H and O–H groups in total. The van der Waals surface area contributed by atoms with E-state index in [1.165, 1.54) is 0 Å². The number of aryl methyl sites for hydroxylation is 1. The van der Waals surface area contributed by atoms with Crippen LogP contribution in [0.4, 0.5) is 5.69 Å². The Morgan fingerprint density at radius 2 is 2.22 bits per heavy atom. The maximum Gasteiger partial charge on any atom is 0.232 e. The maximum atomic E-state index is 9.96. The average Bonchev–Trinajstić information content (AvgIpc) is 2.59. The van der Waals surface area contributed by atoms with Crippen LogP contribution < -0.4 is 10.5 Å². The number of guanidine groups is 1. The summed E-state index contributed by atoms with van der Waals surface area (Å²) in [7, 11) is 3.26. The van der Waals surface area contributed by atoms with Gasteiger partial charge in [-0.3, -0.25) is 5.41 Å². The Morgan fingerprint density at radius 3 is 2.83 bits per heavy atom. The largest absolute Gasteiger partial charge is 0.497 e. The standard InChI is InChI=1S/C11H13N5O2/c1-16-8-4-3-6(18-2)5-7(8)9(10(16)17)14-15-11(12)13/h3-5,17H,1-2H3,(H3,12,13). The maximum absolute atomic E-state index is 9.96. The third-order valence-electron chi connectivity index (χ3n) is 2.61. The number of nitrogens with one attached hydrogen (secondary N) is 1. The minimum atomic E-state index is -0.422. The molecule has 0 bridgehead atoms. The van der Waals surface area contributed by atoms with Gasteiger partial charge in [-0.15, -0.1) is 10.2 Å². The number of rotatable bonds is 2. The Hall–Kier alpha value is -2.57. The summed E-state index contributed by atoms with van der Waals surface area (Å²) in [5, 5.41) is 24.9. The first-order valence-electron chi connectivity index (χ1n) is 5.15. The van der Waals surface area contributed by atoms with Crippen molar-refractivity contribution in [1.29, 1.82) is 5.41 Å². The number of fused-ring (bicyclic) bond motifs is 1. The lowest BCUT2D eigenvalue weighted by molar-refractivity contribution is 0.415. The predicted molar refractivity (Wildman–Crippen MR) is 67.6 cm³/mol. The van der Waals surface area contributed by atoms with Gasteiger partial charge in [0.15, 0.2) is 5.69 Å². The third kappa shape index (κ3) is 1.86. The summed E-state index contributed by atoms with van der Waals surface area (Å²) in [5.74, 6) is 0.185. The highest BCUT2D eigenvalue weighted by Gasteiger charge is 2.15. The van der Waals surface area contributed by atoms with Gasteiger partial charge in [-0.25, -0.2) is 0 Å². The van der Waals surface area contributed by atoms with Crippen LogP contribution >= 0.6 is 0 Å². The molecule has 0 atom stereocenters. The minimum absolute atomic E-state index is 0.0387. The van der Waals surface area contributed by atoms with Crippen molar-refractivity contribution in [2.75, 3.05) is 7.11 Å². The van der Waals surface area contributed by atoms with Crippen LogP contribution in [0.3, 0.4) is 0 Å². The van der Waals surface area contributed by atoms with E-state index in [9.17, 15) is 5.11 Å². The molecule has 2 aromatic rings. The smallest absolute Gasteiger partial charge is 0.232 e. The Morgan fingerprint density at radius 1 is 1.50 bits per heavy atom. The molecule has 0 saturated heterocycles. The Kier molecular flexibility index (Phi) is 2.88. The molecule has 7 heteroatoms. The zero-order valence-corrected chi connectivity index (χ0v) is 10.0. The molecular formula is C11H13N5O2. The topological polar surface area (TPSA) is 109 Å². The molecule has 0 spiro atoms. The van der Waals surface area contributed by atoms with Gasteiger partial charge >= 0.3 is 0 Å². The van der Waals surface area contributed by atoms with Crippen LogP contribution in [0.25, 0.3) is 10.9 Å². The van der Waals surface area contributed by atoms with Crippen molar-refractivity contribution in [2.45, 2.75) is 0 Å². The van der Waals surface area contributed by atoms with E-state index in [1.54, 1.807) is 36.9 Å². The lowest BCUT2D eigenvalue weighted by Gasteiger charge is -2.00. The highest BCUT2D eigenvalue weighted by molar-refractivity contribution is 5.96. The molecule has 94 valence electrons. The van der Waals surface area contributed by atoms with Crippen molar-refractivity contribution in [3.63, 3.8) is 0 Å². The van der Waals surface area contributed by atoms with E-state index in [1.807, 2.05) is 0 Å². The van der Waals surface area contributed by atoms with Crippen molar-refractivity contribution in [3.05, 3.63) is 18.2 Å². The number of benzene rings is 1. The van der Waals surface area contributed by atoms with Crippen molar-refractivity contribution in [3.8, 4) is 11.6 Å². The number of ether oxygens (including phenoxy) is 1. The monoisotopic (exact) mass is 247 g/mol. The molecule has 0 aliphatic rings. The van der Waals surface area contributed by atoms with Crippen molar-refractivity contribution in [2.24, 2.45) is 23.0 Å². The summed E-state index contributed by atoms with van der Waals surface area (Å²) >= 11 is 0. The Bertz CT molecular complexity index is 644. The minimum Gasteiger partial charge on any atom is -0.497 e. The molecule has 0 aliphatic carbocycles. The summed E-state index contributed by atoms with van der Waals surface area (Å²) in [6.45, 7) is 0. The molecule has 0 aliphatic heterocycles. The normalized spacial score (nSPS) is 11.2. The van der Waals surface area contributed by atoms with Crippen LogP contribution in [0, 0.1) is 5.41 Å². The number of azo groups is 1. The number of aromatic nitrogens is 1. The number of nitrogens with two attached hydrogens (primary N) is 1. The van der Waals surface area contributed by atoms with Crippen molar-refractivity contribution < 1.29 is 9.84 Å². The van der Waals surface area contributed by atoms with Crippen LogP contribution in [-0.2, 0) is 7.05 Å². The van der Waals surface area contributed by atoms with Gasteiger partial charge in [0, 0.05) is 12.4 Å². The van der Waals surface area contributed by atoms with Gasteiger partial charge in [0.2, 0.25) is 11.8 Å². The molecule has 1 aromatic carbocycles. The van der Waals surface area contributed by atoms with Crippen molar-refractivity contribution >= 4 is 22.5 Å². The highest BCUT2D eigenvalue weighted by atomic mass is 16.5. The fourth-order valence-corrected chi connectivity index (χ4v) is 1.72. The molecule has 1 heterocycles. The van der Waals surface area contributed by atoms with Crippen LogP contribution in [0.2, 0.25) is 0 Å². The average molecular weight is 247 g/mol. The predicted octanol–water partition coefficient (Wildman–Crippen LogP) is 1.87. The van der Waals surface area contributed by atoms with E-state index in [4.69, 9.17) is 15.9 Å². The molecular weight excluding hydrogens is 234 g/mol. The van der Waals surface area contributed by atoms with Gasteiger partial charge < -0.3 is 20.1 Å². The van der Waals surface area contributed by atoms with Gasteiger partial charge in [0.1, 0.15) is 5.75 Å².